The Morgan fingerprint density at radius 3 is 2.87 bits per heavy atom. The summed E-state index contributed by atoms with van der Waals surface area (Å²) in [6, 6.07) is 5.11. The molecule has 0 aliphatic carbocycles. The number of aromatic nitrogens is 1. The van der Waals surface area contributed by atoms with E-state index in [0.29, 0.717) is 11.1 Å². The van der Waals surface area contributed by atoms with E-state index in [4.69, 9.17) is 15.2 Å². The van der Waals surface area contributed by atoms with Crippen LogP contribution in [0, 0.1) is 6.92 Å². The molecule has 80 valence electrons. The number of hydrogen-bond donors (Lipinski definition) is 0. The lowest BCUT2D eigenvalue weighted by molar-refractivity contribution is 0.450. The van der Waals surface area contributed by atoms with Crippen LogP contribution in [0.15, 0.2) is 22.7 Å². The van der Waals surface area contributed by atoms with E-state index in [1.807, 2.05) is 6.92 Å². The van der Waals surface area contributed by atoms with Crippen molar-refractivity contribution in [3.05, 3.63) is 29.5 Å². The van der Waals surface area contributed by atoms with Crippen LogP contribution >= 0.6 is 10.7 Å². The first-order chi connectivity index (χ1) is 6.96. The molecule has 4 nitrogen and oxygen atoms in total. The van der Waals surface area contributed by atoms with Crippen LogP contribution in [-0.4, -0.2) is 13.6 Å². The van der Waals surface area contributed by atoms with Crippen molar-refractivity contribution >= 4 is 30.7 Å². The molecule has 2 aromatic rings. The number of rotatable bonds is 2. The van der Waals surface area contributed by atoms with E-state index in [2.05, 4.69) is 5.16 Å². The average Bonchev–Trinajstić information content (AvgIpc) is 2.45. The molecule has 0 N–H and O–H groups in total. The van der Waals surface area contributed by atoms with E-state index in [9.17, 15) is 8.42 Å². The normalized spacial score (nSPS) is 12.1. The molecule has 0 saturated carbocycles. The molecule has 0 aliphatic rings. The average molecular weight is 246 g/mol. The summed E-state index contributed by atoms with van der Waals surface area (Å²) in [5.74, 6) is -0.204. The first-order valence-electron chi connectivity index (χ1n) is 4.23. The molecule has 0 saturated heterocycles. The minimum atomic E-state index is -3.53. The van der Waals surface area contributed by atoms with E-state index in [-0.39, 0.29) is 5.75 Å². The van der Waals surface area contributed by atoms with Crippen molar-refractivity contribution in [2.45, 2.75) is 12.7 Å². The van der Waals surface area contributed by atoms with Gasteiger partial charge in [0.25, 0.3) is 0 Å². The second kappa shape index (κ2) is 3.50. The summed E-state index contributed by atoms with van der Waals surface area (Å²) in [5.41, 5.74) is 1.95. The monoisotopic (exact) mass is 245 g/mol. The molecule has 15 heavy (non-hydrogen) atoms. The molecule has 1 aromatic heterocycles. The highest BCUT2D eigenvalue weighted by Crippen LogP contribution is 2.20. The fourth-order valence-electron chi connectivity index (χ4n) is 1.40. The third-order valence-corrected chi connectivity index (χ3v) is 3.06. The molecular weight excluding hydrogens is 238 g/mol. The van der Waals surface area contributed by atoms with Crippen LogP contribution < -0.4 is 0 Å². The summed E-state index contributed by atoms with van der Waals surface area (Å²) < 4.78 is 26.7. The zero-order chi connectivity index (χ0) is 11.1. The second-order valence-corrected chi connectivity index (χ2v) is 6.06. The molecule has 2 rings (SSSR count). The minimum Gasteiger partial charge on any atom is -0.356 e. The smallest absolute Gasteiger partial charge is 0.236 e. The van der Waals surface area contributed by atoms with E-state index in [1.165, 1.54) is 0 Å². The lowest BCUT2D eigenvalue weighted by Crippen LogP contribution is -1.94. The number of aryl methyl sites for hydroxylation is 1. The van der Waals surface area contributed by atoms with Crippen LogP contribution in [0.5, 0.6) is 0 Å². The Morgan fingerprint density at radius 2 is 2.20 bits per heavy atom. The van der Waals surface area contributed by atoms with Crippen molar-refractivity contribution in [3.63, 3.8) is 0 Å². The maximum Gasteiger partial charge on any atom is 0.236 e. The highest BCUT2D eigenvalue weighted by atomic mass is 35.7. The van der Waals surface area contributed by atoms with Gasteiger partial charge >= 0.3 is 0 Å². The Balaban J connectivity index is 2.48. The number of hydrogen-bond acceptors (Lipinski definition) is 4. The number of benzene rings is 1. The SMILES string of the molecule is Cc1noc2cc(CS(=O)(=O)Cl)ccc12. The van der Waals surface area contributed by atoms with E-state index >= 15 is 0 Å². The van der Waals surface area contributed by atoms with Crippen molar-refractivity contribution in [2.75, 3.05) is 0 Å². The van der Waals surface area contributed by atoms with E-state index in [1.54, 1.807) is 18.2 Å². The first kappa shape index (κ1) is 10.4. The van der Waals surface area contributed by atoms with Gasteiger partial charge < -0.3 is 4.52 Å². The van der Waals surface area contributed by atoms with E-state index < -0.39 is 9.05 Å². The standard InChI is InChI=1S/C9H8ClNO3S/c1-6-8-3-2-7(5-15(10,12)13)4-9(8)14-11-6/h2-4H,5H2,1H3. The summed E-state index contributed by atoms with van der Waals surface area (Å²) in [6.45, 7) is 1.82. The van der Waals surface area contributed by atoms with Gasteiger partial charge in [-0.15, -0.1) is 0 Å². The van der Waals surface area contributed by atoms with Crippen LogP contribution in [0.25, 0.3) is 11.0 Å². The van der Waals surface area contributed by atoms with Gasteiger partial charge in [-0.2, -0.15) is 0 Å². The predicted octanol–water partition coefficient (Wildman–Crippen LogP) is 2.20. The number of fused-ring (bicyclic) bond motifs is 1. The molecule has 1 aromatic carbocycles. The lowest BCUT2D eigenvalue weighted by atomic mass is 10.1. The molecule has 0 spiro atoms. The molecule has 0 atom stereocenters. The molecule has 0 fully saturated rings. The number of halogens is 1. The van der Waals surface area contributed by atoms with Gasteiger partial charge in [-0.3, -0.25) is 0 Å². The molecule has 6 heteroatoms. The lowest BCUT2D eigenvalue weighted by Gasteiger charge is -1.96. The maximum absolute atomic E-state index is 10.9. The van der Waals surface area contributed by atoms with Gasteiger partial charge in [-0.25, -0.2) is 8.42 Å². The van der Waals surface area contributed by atoms with Crippen LogP contribution in [0.2, 0.25) is 0 Å². The Labute approximate surface area is 91.2 Å². The third kappa shape index (κ3) is 2.30. The van der Waals surface area contributed by atoms with Crippen LogP contribution in [0.3, 0.4) is 0 Å². The van der Waals surface area contributed by atoms with Crippen molar-refractivity contribution < 1.29 is 12.9 Å². The molecule has 0 amide bonds. The van der Waals surface area contributed by atoms with Crippen LogP contribution in [0.1, 0.15) is 11.3 Å². The minimum absolute atomic E-state index is 0.204. The number of nitrogens with zero attached hydrogens (tertiary/aromatic N) is 1. The fourth-order valence-corrected chi connectivity index (χ4v) is 2.35. The molecule has 0 unspecified atom stereocenters. The molecule has 1 heterocycles. The highest BCUT2D eigenvalue weighted by Gasteiger charge is 2.10. The summed E-state index contributed by atoms with van der Waals surface area (Å²) in [7, 11) is 1.62. The summed E-state index contributed by atoms with van der Waals surface area (Å²) in [6.07, 6.45) is 0. The summed E-state index contributed by atoms with van der Waals surface area (Å²) in [5, 5.41) is 4.66. The zero-order valence-electron chi connectivity index (χ0n) is 7.90. The van der Waals surface area contributed by atoms with Gasteiger partial charge in [0.2, 0.25) is 9.05 Å². The highest BCUT2D eigenvalue weighted by molar-refractivity contribution is 8.13. The first-order valence-corrected chi connectivity index (χ1v) is 6.71. The maximum atomic E-state index is 10.9. The topological polar surface area (TPSA) is 60.2 Å². The Morgan fingerprint density at radius 1 is 1.47 bits per heavy atom. The Hall–Kier alpha value is -1.07. The van der Waals surface area contributed by atoms with Crippen LogP contribution in [-0.2, 0) is 14.8 Å². The van der Waals surface area contributed by atoms with Gasteiger partial charge in [0.1, 0.15) is 0 Å². The fraction of sp³-hybridized carbons (Fsp3) is 0.222. The molecule has 0 aliphatic heterocycles. The summed E-state index contributed by atoms with van der Waals surface area (Å²) in [4.78, 5) is 0. The van der Waals surface area contributed by atoms with Crippen molar-refractivity contribution in [1.29, 1.82) is 0 Å². The Bertz CT molecular complexity index is 603. The van der Waals surface area contributed by atoms with Gasteiger partial charge in [0, 0.05) is 16.1 Å². The van der Waals surface area contributed by atoms with Gasteiger partial charge in [0.15, 0.2) is 5.58 Å². The Kier molecular flexibility index (Phi) is 2.44. The largest absolute Gasteiger partial charge is 0.356 e. The van der Waals surface area contributed by atoms with Crippen molar-refractivity contribution in [1.82, 2.24) is 5.16 Å². The molecule has 0 bridgehead atoms. The van der Waals surface area contributed by atoms with Gasteiger partial charge in [-0.05, 0) is 24.6 Å². The summed E-state index contributed by atoms with van der Waals surface area (Å²) >= 11 is 0. The molecule has 0 radical (unpaired) electrons. The predicted molar refractivity (Wildman–Crippen MR) is 57.2 cm³/mol. The van der Waals surface area contributed by atoms with Crippen LogP contribution in [0.4, 0.5) is 0 Å². The zero-order valence-corrected chi connectivity index (χ0v) is 9.47. The molecular formula is C9H8ClNO3S. The quantitative estimate of drug-likeness (QED) is 0.761. The van der Waals surface area contributed by atoms with Crippen molar-refractivity contribution in [3.8, 4) is 0 Å². The van der Waals surface area contributed by atoms with Gasteiger partial charge in [-0.1, -0.05) is 11.2 Å². The van der Waals surface area contributed by atoms with Crippen molar-refractivity contribution in [2.24, 2.45) is 0 Å². The van der Waals surface area contributed by atoms with Gasteiger partial charge in [0.05, 0.1) is 11.4 Å². The third-order valence-electron chi connectivity index (χ3n) is 2.06. The second-order valence-electron chi connectivity index (χ2n) is 3.28. The van der Waals surface area contributed by atoms with E-state index in [0.717, 1.165) is 11.1 Å².